The van der Waals surface area contributed by atoms with Crippen molar-refractivity contribution in [3.05, 3.63) is 130 Å². The largest absolute Gasteiger partial charge is 0.393 e. The van der Waals surface area contributed by atoms with Crippen molar-refractivity contribution in [3.63, 3.8) is 0 Å². The number of hydrogen-bond donors (Lipinski definition) is 1. The molecule has 0 unspecified atom stereocenters. The monoisotopic (exact) mass is 657 g/mol. The first-order valence-corrected chi connectivity index (χ1v) is 16.4. The summed E-state index contributed by atoms with van der Waals surface area (Å²) >= 11 is 12.8. The lowest BCUT2D eigenvalue weighted by Crippen LogP contribution is -2.52. The molecule has 5 aromatic rings. The van der Waals surface area contributed by atoms with E-state index in [1.165, 1.54) is 0 Å². The van der Waals surface area contributed by atoms with Crippen molar-refractivity contribution in [1.29, 1.82) is 0 Å². The minimum absolute atomic E-state index is 0.0204. The fourth-order valence-electron chi connectivity index (χ4n) is 7.39. The van der Waals surface area contributed by atoms with Gasteiger partial charge in [-0.2, -0.15) is 5.10 Å². The van der Waals surface area contributed by atoms with Crippen molar-refractivity contribution < 1.29 is 24.1 Å². The fraction of sp³-hybridized carbons (Fsp3) is 0.333. The molecule has 1 N–H and O–H groups in total. The molecular formula is C36H33Cl2N3O5. The number of benzene rings is 3. The van der Waals surface area contributed by atoms with Gasteiger partial charge in [-0.15, -0.1) is 0 Å². The third-order valence-electron chi connectivity index (χ3n) is 9.58. The highest BCUT2D eigenvalue weighted by Crippen LogP contribution is 2.54. The van der Waals surface area contributed by atoms with Crippen molar-refractivity contribution in [2.75, 3.05) is 13.2 Å². The van der Waals surface area contributed by atoms with Gasteiger partial charge in [-0.3, -0.25) is 0 Å². The van der Waals surface area contributed by atoms with Gasteiger partial charge in [0.25, 0.3) is 0 Å². The molecule has 0 amide bonds. The smallest absolute Gasteiger partial charge is 0.182 e. The fourth-order valence-corrected chi connectivity index (χ4v) is 7.87. The maximum Gasteiger partial charge on any atom is 0.182 e. The van der Waals surface area contributed by atoms with Gasteiger partial charge in [0.1, 0.15) is 28.6 Å². The van der Waals surface area contributed by atoms with Crippen molar-refractivity contribution in [3.8, 4) is 0 Å². The van der Waals surface area contributed by atoms with Crippen LogP contribution in [0.4, 0.5) is 0 Å². The van der Waals surface area contributed by atoms with Crippen LogP contribution < -0.4 is 0 Å². The lowest BCUT2D eigenvalue weighted by Gasteiger charge is -2.40. The summed E-state index contributed by atoms with van der Waals surface area (Å²) < 4.78 is 29.3. The second-order valence-electron chi connectivity index (χ2n) is 12.3. The van der Waals surface area contributed by atoms with Gasteiger partial charge >= 0.3 is 0 Å². The Morgan fingerprint density at radius 1 is 0.848 bits per heavy atom. The minimum Gasteiger partial charge on any atom is -0.393 e. The lowest BCUT2D eigenvalue weighted by molar-refractivity contribution is -0.253. The van der Waals surface area contributed by atoms with Gasteiger partial charge in [-0.25, -0.2) is 9.67 Å². The highest BCUT2D eigenvalue weighted by atomic mass is 35.5. The quantitative estimate of drug-likeness (QED) is 0.141. The standard InChI is InChI=1S/C36H33Cl2N3O5/c37-28-20-29(38)40-32-27(28)21-39-41(32)33-30-31(45-35(44-30)18-10-11-19-35)34(22-42,46-33)23-43-36(24-12-4-1-5-13-24,25-14-6-2-7-15-25)26-16-8-3-9-17-26/h1-9,12-17,20-21,30-31,33,42H,10-11,18-19,22-23H2/t30-,31+,33-,34+/m1/s1. The molecule has 1 spiro atoms. The molecule has 2 aromatic heterocycles. The van der Waals surface area contributed by atoms with E-state index >= 15 is 0 Å². The molecule has 1 saturated carbocycles. The number of nitrogens with zero attached hydrogens (tertiary/aromatic N) is 3. The van der Waals surface area contributed by atoms with Crippen LogP contribution in [0.2, 0.25) is 10.2 Å². The molecule has 3 fully saturated rings. The van der Waals surface area contributed by atoms with E-state index in [4.69, 9.17) is 42.1 Å². The van der Waals surface area contributed by atoms with Crippen LogP contribution >= 0.6 is 23.2 Å². The summed E-state index contributed by atoms with van der Waals surface area (Å²) in [6.07, 6.45) is 3.08. The Bertz CT molecular complexity index is 1740. The van der Waals surface area contributed by atoms with E-state index in [-0.39, 0.29) is 18.4 Å². The molecule has 3 aliphatic rings. The minimum atomic E-state index is -1.31. The van der Waals surface area contributed by atoms with Gasteiger partial charge in [0.2, 0.25) is 0 Å². The second-order valence-corrected chi connectivity index (χ2v) is 13.1. The molecule has 3 aromatic carbocycles. The molecule has 4 atom stereocenters. The van der Waals surface area contributed by atoms with E-state index in [0.29, 0.717) is 16.1 Å². The van der Waals surface area contributed by atoms with Gasteiger partial charge in [-0.1, -0.05) is 114 Å². The topological polar surface area (TPSA) is 87.9 Å². The van der Waals surface area contributed by atoms with Crippen molar-refractivity contribution >= 4 is 34.2 Å². The molecule has 8 rings (SSSR count). The average Bonchev–Trinajstić information content (AvgIpc) is 3.88. The molecule has 2 aliphatic heterocycles. The molecule has 10 heteroatoms. The molecule has 0 radical (unpaired) electrons. The molecule has 236 valence electrons. The maximum atomic E-state index is 11.3. The van der Waals surface area contributed by atoms with Crippen LogP contribution in [-0.4, -0.2) is 56.7 Å². The molecular weight excluding hydrogens is 625 g/mol. The predicted molar refractivity (Wildman–Crippen MR) is 174 cm³/mol. The molecule has 46 heavy (non-hydrogen) atoms. The van der Waals surface area contributed by atoms with Crippen LogP contribution in [0.1, 0.15) is 48.6 Å². The summed E-state index contributed by atoms with van der Waals surface area (Å²) in [5.74, 6) is -0.765. The Morgan fingerprint density at radius 2 is 1.43 bits per heavy atom. The number of fused-ring (bicyclic) bond motifs is 2. The Hall–Kier alpha value is -3.34. The Balaban J connectivity index is 1.25. The number of aliphatic hydroxyl groups excluding tert-OH is 1. The summed E-state index contributed by atoms with van der Waals surface area (Å²) in [5.41, 5.74) is 0.927. The van der Waals surface area contributed by atoms with E-state index in [1.807, 2.05) is 54.6 Å². The van der Waals surface area contributed by atoms with E-state index in [2.05, 4.69) is 46.5 Å². The number of aromatic nitrogens is 3. The number of pyridine rings is 1. The highest BCUT2D eigenvalue weighted by molar-refractivity contribution is 6.37. The highest BCUT2D eigenvalue weighted by Gasteiger charge is 2.66. The third kappa shape index (κ3) is 4.78. The van der Waals surface area contributed by atoms with Crippen molar-refractivity contribution in [1.82, 2.24) is 14.8 Å². The van der Waals surface area contributed by atoms with Crippen LogP contribution in [0.3, 0.4) is 0 Å². The zero-order valence-corrected chi connectivity index (χ0v) is 26.5. The molecule has 4 heterocycles. The first-order valence-electron chi connectivity index (χ1n) is 15.6. The SMILES string of the molecule is OC[C@@]1(COC(c2ccccc2)(c2ccccc2)c2ccccc2)O[C@@H](n2ncc3c(Cl)cc(Cl)nc32)[C@@H]2OC3(CCCC3)O[C@@H]21. The van der Waals surface area contributed by atoms with Gasteiger partial charge in [0.05, 0.1) is 29.8 Å². The lowest BCUT2D eigenvalue weighted by atomic mass is 9.80. The van der Waals surface area contributed by atoms with Crippen LogP contribution in [0.15, 0.2) is 103 Å². The zero-order chi connectivity index (χ0) is 31.4. The molecule has 8 nitrogen and oxygen atoms in total. The summed E-state index contributed by atoms with van der Waals surface area (Å²) in [6.45, 7) is -0.403. The van der Waals surface area contributed by atoms with Gasteiger partial charge in [-0.05, 0) is 35.6 Å². The van der Waals surface area contributed by atoms with Gasteiger partial charge in [0.15, 0.2) is 17.7 Å². The zero-order valence-electron chi connectivity index (χ0n) is 25.0. The van der Waals surface area contributed by atoms with E-state index < -0.39 is 35.4 Å². The first kappa shape index (κ1) is 30.0. The van der Waals surface area contributed by atoms with E-state index in [1.54, 1.807) is 16.9 Å². The second kappa shape index (κ2) is 11.7. The number of ether oxygens (including phenoxy) is 4. The van der Waals surface area contributed by atoms with Gasteiger partial charge in [0, 0.05) is 12.8 Å². The van der Waals surface area contributed by atoms with Crippen LogP contribution in [-0.2, 0) is 24.5 Å². The number of aliphatic hydroxyl groups is 1. The number of halogens is 2. The maximum absolute atomic E-state index is 11.3. The average molecular weight is 659 g/mol. The number of rotatable bonds is 8. The summed E-state index contributed by atoms with van der Waals surface area (Å²) in [5, 5.41) is 17.2. The van der Waals surface area contributed by atoms with Crippen molar-refractivity contribution in [2.24, 2.45) is 0 Å². The molecule has 0 bridgehead atoms. The first-order chi connectivity index (χ1) is 22.5. The van der Waals surface area contributed by atoms with Crippen LogP contribution in [0.5, 0.6) is 0 Å². The summed E-state index contributed by atoms with van der Waals surface area (Å²) in [7, 11) is 0. The molecule has 1 aliphatic carbocycles. The van der Waals surface area contributed by atoms with Crippen LogP contribution in [0.25, 0.3) is 11.0 Å². The Labute approximate surface area is 276 Å². The Kier molecular flexibility index (Phi) is 7.65. The summed E-state index contributed by atoms with van der Waals surface area (Å²) in [4.78, 5) is 4.53. The van der Waals surface area contributed by atoms with Crippen LogP contribution in [0, 0.1) is 0 Å². The van der Waals surface area contributed by atoms with Crippen molar-refractivity contribution in [2.45, 2.75) is 61.1 Å². The predicted octanol–water partition coefficient (Wildman–Crippen LogP) is 7.06. The van der Waals surface area contributed by atoms with E-state index in [9.17, 15) is 5.11 Å². The van der Waals surface area contributed by atoms with Gasteiger partial charge < -0.3 is 24.1 Å². The number of hydrogen-bond acceptors (Lipinski definition) is 7. The normalized spacial score (nSPS) is 25.4. The van der Waals surface area contributed by atoms with E-state index in [0.717, 1.165) is 42.4 Å². The summed E-state index contributed by atoms with van der Waals surface area (Å²) in [6, 6.07) is 31.9. The third-order valence-corrected chi connectivity index (χ3v) is 10.1. The molecule has 2 saturated heterocycles. The Morgan fingerprint density at radius 3 is 2.00 bits per heavy atom.